The number of nitrogens with zero attached hydrogens (tertiary/aromatic N) is 3. The first-order chi connectivity index (χ1) is 12.8. The topological polar surface area (TPSA) is 61.8 Å². The van der Waals surface area contributed by atoms with Crippen LogP contribution in [-0.4, -0.2) is 44.3 Å². The standard InChI is InChI=1S/C20H27N5O/c1-16(17-7-4-3-5-8-17)24-20(21-2)23-15-18-9-6-10-22-19(18)25-11-13-26-14-12-25/h3-10,16H,11-15H2,1-2H3,(H2,21,23,24). The number of hydrogen-bond donors (Lipinski definition) is 2. The highest BCUT2D eigenvalue weighted by molar-refractivity contribution is 5.80. The molecule has 26 heavy (non-hydrogen) atoms. The van der Waals surface area contributed by atoms with Crippen LogP contribution in [-0.2, 0) is 11.3 Å². The predicted molar refractivity (Wildman–Crippen MR) is 105 cm³/mol. The number of anilines is 1. The first kappa shape index (κ1) is 18.2. The van der Waals surface area contributed by atoms with E-state index in [4.69, 9.17) is 4.74 Å². The third-order valence-electron chi connectivity index (χ3n) is 4.50. The van der Waals surface area contributed by atoms with Crippen molar-refractivity contribution in [2.24, 2.45) is 4.99 Å². The molecule has 0 bridgehead atoms. The summed E-state index contributed by atoms with van der Waals surface area (Å²) in [5.74, 6) is 1.80. The van der Waals surface area contributed by atoms with Gasteiger partial charge in [0, 0.05) is 38.4 Å². The van der Waals surface area contributed by atoms with Crippen LogP contribution in [0.3, 0.4) is 0 Å². The third-order valence-corrected chi connectivity index (χ3v) is 4.50. The maximum atomic E-state index is 5.45. The Balaban J connectivity index is 1.62. The Bertz CT molecular complexity index is 713. The first-order valence-corrected chi connectivity index (χ1v) is 9.06. The van der Waals surface area contributed by atoms with Crippen LogP contribution >= 0.6 is 0 Å². The molecular weight excluding hydrogens is 326 g/mol. The van der Waals surface area contributed by atoms with Crippen LogP contribution in [0, 0.1) is 0 Å². The molecule has 1 aromatic heterocycles. The van der Waals surface area contributed by atoms with Crippen molar-refractivity contribution in [2.45, 2.75) is 19.5 Å². The molecule has 2 N–H and O–H groups in total. The van der Waals surface area contributed by atoms with Crippen molar-refractivity contribution < 1.29 is 4.74 Å². The van der Waals surface area contributed by atoms with E-state index >= 15 is 0 Å². The van der Waals surface area contributed by atoms with Crippen LogP contribution in [0.1, 0.15) is 24.1 Å². The fourth-order valence-corrected chi connectivity index (χ4v) is 3.03. The Kier molecular flexibility index (Phi) is 6.44. The van der Waals surface area contributed by atoms with E-state index in [1.807, 2.05) is 30.5 Å². The number of rotatable bonds is 5. The highest BCUT2D eigenvalue weighted by atomic mass is 16.5. The molecule has 1 atom stereocenters. The lowest BCUT2D eigenvalue weighted by molar-refractivity contribution is 0.122. The SMILES string of the molecule is CN=C(NCc1cccnc1N1CCOCC1)NC(C)c1ccccc1. The molecule has 1 aliphatic rings. The van der Waals surface area contributed by atoms with Crippen LogP contribution in [0.15, 0.2) is 53.7 Å². The van der Waals surface area contributed by atoms with E-state index in [9.17, 15) is 0 Å². The summed E-state index contributed by atoms with van der Waals surface area (Å²) in [6, 6.07) is 14.6. The van der Waals surface area contributed by atoms with Crippen LogP contribution in [0.2, 0.25) is 0 Å². The number of hydrogen-bond acceptors (Lipinski definition) is 4. The molecule has 6 heteroatoms. The van der Waals surface area contributed by atoms with E-state index in [2.05, 4.69) is 50.6 Å². The minimum atomic E-state index is 0.176. The van der Waals surface area contributed by atoms with Crippen molar-refractivity contribution in [1.82, 2.24) is 15.6 Å². The maximum absolute atomic E-state index is 5.45. The van der Waals surface area contributed by atoms with Gasteiger partial charge in [-0.05, 0) is 18.6 Å². The lowest BCUT2D eigenvalue weighted by atomic mass is 10.1. The third kappa shape index (κ3) is 4.73. The molecule has 1 unspecified atom stereocenters. The monoisotopic (exact) mass is 353 g/mol. The summed E-state index contributed by atoms with van der Waals surface area (Å²) in [5.41, 5.74) is 2.38. The average Bonchev–Trinajstić information content (AvgIpc) is 2.72. The van der Waals surface area contributed by atoms with Gasteiger partial charge in [0.15, 0.2) is 5.96 Å². The zero-order valence-corrected chi connectivity index (χ0v) is 15.5. The Morgan fingerprint density at radius 1 is 1.19 bits per heavy atom. The fraction of sp³-hybridized carbons (Fsp3) is 0.400. The molecule has 2 heterocycles. The highest BCUT2D eigenvalue weighted by Crippen LogP contribution is 2.18. The Morgan fingerprint density at radius 2 is 1.96 bits per heavy atom. The zero-order valence-electron chi connectivity index (χ0n) is 15.5. The molecular formula is C20H27N5O. The molecule has 138 valence electrons. The van der Waals surface area contributed by atoms with Gasteiger partial charge in [-0.2, -0.15) is 0 Å². The summed E-state index contributed by atoms with van der Waals surface area (Å²) in [5, 5.41) is 6.84. The van der Waals surface area contributed by atoms with Crippen LogP contribution in [0.5, 0.6) is 0 Å². The average molecular weight is 353 g/mol. The largest absolute Gasteiger partial charge is 0.378 e. The predicted octanol–water partition coefficient (Wildman–Crippen LogP) is 2.34. The molecule has 0 saturated carbocycles. The van der Waals surface area contributed by atoms with E-state index in [-0.39, 0.29) is 6.04 Å². The molecule has 1 fully saturated rings. The summed E-state index contributed by atoms with van der Waals surface area (Å²) in [4.78, 5) is 11.2. The molecule has 2 aromatic rings. The molecule has 0 spiro atoms. The Hall–Kier alpha value is -2.60. The van der Waals surface area contributed by atoms with Gasteiger partial charge in [0.2, 0.25) is 0 Å². The number of aromatic nitrogens is 1. The molecule has 0 radical (unpaired) electrons. The number of morpholine rings is 1. The van der Waals surface area contributed by atoms with Crippen molar-refractivity contribution in [2.75, 3.05) is 38.3 Å². The number of nitrogens with one attached hydrogen (secondary N) is 2. The zero-order chi connectivity index (χ0) is 18.2. The van der Waals surface area contributed by atoms with E-state index in [1.54, 1.807) is 7.05 Å². The Morgan fingerprint density at radius 3 is 2.69 bits per heavy atom. The van der Waals surface area contributed by atoms with Gasteiger partial charge in [-0.3, -0.25) is 4.99 Å². The quantitative estimate of drug-likeness (QED) is 0.638. The second-order valence-corrected chi connectivity index (χ2v) is 6.29. The van der Waals surface area contributed by atoms with Crippen LogP contribution in [0.4, 0.5) is 5.82 Å². The molecule has 1 aromatic carbocycles. The number of ether oxygens (including phenoxy) is 1. The minimum Gasteiger partial charge on any atom is -0.378 e. The van der Waals surface area contributed by atoms with E-state index < -0.39 is 0 Å². The number of pyridine rings is 1. The molecule has 0 amide bonds. The molecule has 6 nitrogen and oxygen atoms in total. The van der Waals surface area contributed by atoms with Gasteiger partial charge in [-0.15, -0.1) is 0 Å². The smallest absolute Gasteiger partial charge is 0.191 e. The number of guanidine groups is 1. The molecule has 3 rings (SSSR count). The minimum absolute atomic E-state index is 0.176. The normalized spacial score (nSPS) is 16.2. The van der Waals surface area contributed by atoms with E-state index in [0.29, 0.717) is 6.54 Å². The van der Waals surface area contributed by atoms with Crippen molar-refractivity contribution >= 4 is 11.8 Å². The van der Waals surface area contributed by atoms with Gasteiger partial charge in [0.05, 0.1) is 19.3 Å². The number of benzene rings is 1. The second kappa shape index (κ2) is 9.20. The second-order valence-electron chi connectivity index (χ2n) is 6.29. The van der Waals surface area contributed by atoms with Gasteiger partial charge in [0.25, 0.3) is 0 Å². The van der Waals surface area contributed by atoms with Crippen molar-refractivity contribution in [3.8, 4) is 0 Å². The molecule has 1 aliphatic heterocycles. The van der Waals surface area contributed by atoms with Crippen LogP contribution < -0.4 is 15.5 Å². The number of aliphatic imine (C=N–C) groups is 1. The van der Waals surface area contributed by atoms with Gasteiger partial charge in [0.1, 0.15) is 5.82 Å². The lowest BCUT2D eigenvalue weighted by Gasteiger charge is -2.29. The van der Waals surface area contributed by atoms with Gasteiger partial charge >= 0.3 is 0 Å². The van der Waals surface area contributed by atoms with Crippen LogP contribution in [0.25, 0.3) is 0 Å². The Labute approximate surface area is 155 Å². The molecule has 0 aliphatic carbocycles. The summed E-state index contributed by atoms with van der Waals surface area (Å²) in [7, 11) is 1.79. The van der Waals surface area contributed by atoms with E-state index in [1.165, 1.54) is 5.56 Å². The maximum Gasteiger partial charge on any atom is 0.191 e. The van der Waals surface area contributed by atoms with E-state index in [0.717, 1.165) is 43.6 Å². The summed E-state index contributed by atoms with van der Waals surface area (Å²) in [6.07, 6.45) is 1.85. The molecule has 1 saturated heterocycles. The summed E-state index contributed by atoms with van der Waals surface area (Å²) in [6.45, 7) is 6.06. The first-order valence-electron chi connectivity index (χ1n) is 9.06. The van der Waals surface area contributed by atoms with Gasteiger partial charge in [-0.25, -0.2) is 4.98 Å². The van der Waals surface area contributed by atoms with Crippen molar-refractivity contribution in [3.63, 3.8) is 0 Å². The van der Waals surface area contributed by atoms with Gasteiger partial charge < -0.3 is 20.3 Å². The lowest BCUT2D eigenvalue weighted by Crippen LogP contribution is -2.40. The summed E-state index contributed by atoms with van der Waals surface area (Å²) >= 11 is 0. The van der Waals surface area contributed by atoms with Crippen molar-refractivity contribution in [3.05, 3.63) is 59.8 Å². The summed E-state index contributed by atoms with van der Waals surface area (Å²) < 4.78 is 5.45. The van der Waals surface area contributed by atoms with Crippen molar-refractivity contribution in [1.29, 1.82) is 0 Å². The highest BCUT2D eigenvalue weighted by Gasteiger charge is 2.16. The fourth-order valence-electron chi connectivity index (χ4n) is 3.03. The van der Waals surface area contributed by atoms with Gasteiger partial charge in [-0.1, -0.05) is 36.4 Å².